The van der Waals surface area contributed by atoms with Crippen LogP contribution in [0.25, 0.3) is 10.9 Å². The van der Waals surface area contributed by atoms with Crippen LogP contribution in [-0.2, 0) is 12.7 Å². The second-order valence-corrected chi connectivity index (χ2v) is 4.15. The van der Waals surface area contributed by atoms with E-state index in [1.165, 1.54) is 32.2 Å². The van der Waals surface area contributed by atoms with E-state index in [-0.39, 0.29) is 17.4 Å². The highest BCUT2D eigenvalue weighted by Crippen LogP contribution is 2.39. The molecule has 7 heteroatoms. The molecule has 0 aliphatic carbocycles. The number of carboxylic acid groups (broad SMARTS) is 1. The SMILES string of the molecule is CCn1c(C(F)(F)F)c(C(=O)O)c2cc(OC)ccc21. The number of aryl methyl sites for hydroxylation is 1. The van der Waals surface area contributed by atoms with E-state index in [4.69, 9.17) is 9.84 Å². The standard InChI is InChI=1S/C13H12F3NO3/c1-3-17-9-5-4-7(20-2)6-8(9)10(12(18)19)11(17)13(14,15)16/h4-6H,3H2,1-2H3,(H,18,19). The van der Waals surface area contributed by atoms with Gasteiger partial charge in [0.05, 0.1) is 12.7 Å². The highest BCUT2D eigenvalue weighted by atomic mass is 19.4. The lowest BCUT2D eigenvalue weighted by atomic mass is 10.1. The first-order valence-corrected chi connectivity index (χ1v) is 5.82. The third-order valence-electron chi connectivity index (χ3n) is 3.07. The number of halogens is 3. The van der Waals surface area contributed by atoms with Gasteiger partial charge in [-0.25, -0.2) is 4.79 Å². The molecule has 2 aromatic rings. The number of alkyl halides is 3. The molecular formula is C13H12F3NO3. The Balaban J connectivity index is 2.95. The van der Waals surface area contributed by atoms with Crippen LogP contribution in [0.15, 0.2) is 18.2 Å². The quantitative estimate of drug-likeness (QED) is 0.941. The molecule has 1 aromatic carbocycles. The number of ether oxygens (including phenoxy) is 1. The molecule has 0 radical (unpaired) electrons. The van der Waals surface area contributed by atoms with Gasteiger partial charge in [0.15, 0.2) is 0 Å². The number of nitrogens with zero attached hydrogens (tertiary/aromatic N) is 1. The summed E-state index contributed by atoms with van der Waals surface area (Å²) in [4.78, 5) is 11.3. The van der Waals surface area contributed by atoms with Crippen molar-refractivity contribution in [3.63, 3.8) is 0 Å². The van der Waals surface area contributed by atoms with Crippen LogP contribution in [0.4, 0.5) is 13.2 Å². The van der Waals surface area contributed by atoms with Crippen molar-refractivity contribution in [2.45, 2.75) is 19.6 Å². The number of carboxylic acids is 1. The third-order valence-corrected chi connectivity index (χ3v) is 3.07. The van der Waals surface area contributed by atoms with Crippen LogP contribution in [-0.4, -0.2) is 22.8 Å². The van der Waals surface area contributed by atoms with Gasteiger partial charge in [-0.2, -0.15) is 13.2 Å². The van der Waals surface area contributed by atoms with Crippen LogP contribution in [0.2, 0.25) is 0 Å². The van der Waals surface area contributed by atoms with Crippen molar-refractivity contribution in [2.24, 2.45) is 0 Å². The van der Waals surface area contributed by atoms with Crippen molar-refractivity contribution in [3.05, 3.63) is 29.5 Å². The number of hydrogen-bond acceptors (Lipinski definition) is 2. The number of aromatic nitrogens is 1. The molecule has 1 aromatic heterocycles. The molecule has 0 aliphatic heterocycles. The summed E-state index contributed by atoms with van der Waals surface area (Å²) >= 11 is 0. The van der Waals surface area contributed by atoms with Crippen molar-refractivity contribution < 1.29 is 27.8 Å². The summed E-state index contributed by atoms with van der Waals surface area (Å²) in [7, 11) is 1.36. The molecule has 2 rings (SSSR count). The Hall–Kier alpha value is -2.18. The molecule has 0 atom stereocenters. The first kappa shape index (κ1) is 14.2. The Kier molecular flexibility index (Phi) is 3.37. The predicted molar refractivity (Wildman–Crippen MR) is 66.1 cm³/mol. The predicted octanol–water partition coefficient (Wildman–Crippen LogP) is 3.39. The molecule has 4 nitrogen and oxygen atoms in total. The van der Waals surface area contributed by atoms with Crippen LogP contribution < -0.4 is 4.74 Å². The van der Waals surface area contributed by atoms with Gasteiger partial charge in [-0.05, 0) is 25.1 Å². The van der Waals surface area contributed by atoms with E-state index in [0.29, 0.717) is 5.75 Å². The van der Waals surface area contributed by atoms with E-state index in [9.17, 15) is 18.0 Å². The van der Waals surface area contributed by atoms with Gasteiger partial charge in [0.25, 0.3) is 0 Å². The first-order valence-electron chi connectivity index (χ1n) is 5.82. The fraction of sp³-hybridized carbons (Fsp3) is 0.308. The minimum absolute atomic E-state index is 0.0188. The molecular weight excluding hydrogens is 275 g/mol. The summed E-state index contributed by atoms with van der Waals surface area (Å²) in [5, 5.41) is 9.16. The van der Waals surface area contributed by atoms with Gasteiger partial charge in [0, 0.05) is 17.4 Å². The smallest absolute Gasteiger partial charge is 0.432 e. The van der Waals surface area contributed by atoms with Gasteiger partial charge in [0.2, 0.25) is 0 Å². The fourth-order valence-electron chi connectivity index (χ4n) is 2.30. The average molecular weight is 287 g/mol. The summed E-state index contributed by atoms with van der Waals surface area (Å²) < 4.78 is 45.4. The maximum atomic E-state index is 13.2. The van der Waals surface area contributed by atoms with Gasteiger partial charge in [-0.1, -0.05) is 0 Å². The maximum absolute atomic E-state index is 13.2. The summed E-state index contributed by atoms with van der Waals surface area (Å²) in [6.45, 7) is 1.55. The Labute approximate surface area is 112 Å². The molecule has 0 spiro atoms. The molecule has 20 heavy (non-hydrogen) atoms. The molecule has 0 unspecified atom stereocenters. The number of fused-ring (bicyclic) bond motifs is 1. The second-order valence-electron chi connectivity index (χ2n) is 4.15. The maximum Gasteiger partial charge on any atom is 0.432 e. The highest BCUT2D eigenvalue weighted by Gasteiger charge is 2.41. The van der Waals surface area contributed by atoms with Gasteiger partial charge in [0.1, 0.15) is 11.4 Å². The molecule has 1 N–H and O–H groups in total. The van der Waals surface area contributed by atoms with E-state index in [1.807, 2.05) is 0 Å². The number of rotatable bonds is 3. The van der Waals surface area contributed by atoms with Crippen molar-refractivity contribution >= 4 is 16.9 Å². The Bertz CT molecular complexity index is 674. The molecule has 0 saturated heterocycles. The number of hydrogen-bond donors (Lipinski definition) is 1. The van der Waals surface area contributed by atoms with E-state index in [1.54, 1.807) is 0 Å². The Morgan fingerprint density at radius 1 is 1.40 bits per heavy atom. The zero-order chi connectivity index (χ0) is 15.1. The number of methoxy groups -OCH3 is 1. The normalized spacial score (nSPS) is 11.8. The van der Waals surface area contributed by atoms with E-state index in [0.717, 1.165) is 4.57 Å². The zero-order valence-electron chi connectivity index (χ0n) is 10.8. The first-order chi connectivity index (χ1) is 9.31. The minimum atomic E-state index is -4.74. The Morgan fingerprint density at radius 3 is 2.50 bits per heavy atom. The molecule has 0 aliphatic rings. The van der Waals surface area contributed by atoms with Crippen molar-refractivity contribution in [1.29, 1.82) is 0 Å². The molecule has 0 fully saturated rings. The topological polar surface area (TPSA) is 51.5 Å². The summed E-state index contributed by atoms with van der Waals surface area (Å²) in [5.41, 5.74) is -1.66. The van der Waals surface area contributed by atoms with Crippen molar-refractivity contribution in [3.8, 4) is 5.75 Å². The van der Waals surface area contributed by atoms with Crippen molar-refractivity contribution in [1.82, 2.24) is 4.57 Å². The summed E-state index contributed by atoms with van der Waals surface area (Å²) in [6, 6.07) is 4.24. The van der Waals surface area contributed by atoms with Crippen LogP contribution in [0, 0.1) is 0 Å². The third kappa shape index (κ3) is 2.09. The largest absolute Gasteiger partial charge is 0.497 e. The van der Waals surface area contributed by atoms with Crippen molar-refractivity contribution in [2.75, 3.05) is 7.11 Å². The van der Waals surface area contributed by atoms with Gasteiger partial charge >= 0.3 is 12.1 Å². The molecule has 0 bridgehead atoms. The number of aromatic carboxylic acids is 1. The minimum Gasteiger partial charge on any atom is -0.497 e. The fourth-order valence-corrected chi connectivity index (χ4v) is 2.30. The molecule has 108 valence electrons. The summed E-state index contributed by atoms with van der Waals surface area (Å²) in [6.07, 6.45) is -4.74. The number of carbonyl (C=O) groups is 1. The molecule has 0 saturated carbocycles. The van der Waals surface area contributed by atoms with Gasteiger partial charge in [-0.15, -0.1) is 0 Å². The lowest BCUT2D eigenvalue weighted by Crippen LogP contribution is -2.17. The number of benzene rings is 1. The molecule has 1 heterocycles. The van der Waals surface area contributed by atoms with Crippen LogP contribution >= 0.6 is 0 Å². The zero-order valence-corrected chi connectivity index (χ0v) is 10.8. The van der Waals surface area contributed by atoms with Crippen LogP contribution in [0.1, 0.15) is 23.0 Å². The average Bonchev–Trinajstić information content (AvgIpc) is 2.71. The van der Waals surface area contributed by atoms with Gasteiger partial charge in [-0.3, -0.25) is 0 Å². The lowest BCUT2D eigenvalue weighted by Gasteiger charge is -2.11. The Morgan fingerprint density at radius 2 is 2.05 bits per heavy atom. The monoisotopic (exact) mass is 287 g/mol. The highest BCUT2D eigenvalue weighted by molar-refractivity contribution is 6.05. The van der Waals surface area contributed by atoms with E-state index >= 15 is 0 Å². The van der Waals surface area contributed by atoms with Crippen LogP contribution in [0.5, 0.6) is 5.75 Å². The molecule has 0 amide bonds. The van der Waals surface area contributed by atoms with Gasteiger partial charge < -0.3 is 14.4 Å². The van der Waals surface area contributed by atoms with Crippen LogP contribution in [0.3, 0.4) is 0 Å². The lowest BCUT2D eigenvalue weighted by molar-refractivity contribution is -0.143. The second kappa shape index (κ2) is 4.73. The summed E-state index contributed by atoms with van der Waals surface area (Å²) in [5.74, 6) is -1.30. The van der Waals surface area contributed by atoms with E-state index < -0.39 is 23.4 Å². The van der Waals surface area contributed by atoms with E-state index in [2.05, 4.69) is 0 Å².